The van der Waals surface area contributed by atoms with Crippen LogP contribution in [0, 0.1) is 17.0 Å². The van der Waals surface area contributed by atoms with Crippen LogP contribution in [0.5, 0.6) is 0 Å². The second-order valence-corrected chi connectivity index (χ2v) is 6.82. The van der Waals surface area contributed by atoms with Crippen molar-refractivity contribution in [1.82, 2.24) is 15.0 Å². The lowest BCUT2D eigenvalue weighted by Gasteiger charge is -2.06. The van der Waals surface area contributed by atoms with Crippen LogP contribution >= 0.6 is 0 Å². The Bertz CT molecular complexity index is 1250. The van der Waals surface area contributed by atoms with Crippen LogP contribution in [0.3, 0.4) is 0 Å². The Morgan fingerprint density at radius 1 is 1.31 bits per heavy atom. The molecule has 1 aromatic heterocycles. The van der Waals surface area contributed by atoms with Crippen molar-refractivity contribution in [2.45, 2.75) is 26.3 Å². The molecule has 29 heavy (non-hydrogen) atoms. The third kappa shape index (κ3) is 3.49. The van der Waals surface area contributed by atoms with Crippen molar-refractivity contribution >= 4 is 28.7 Å². The Balaban J connectivity index is 1.54. The Morgan fingerprint density at radius 2 is 2.14 bits per heavy atom. The van der Waals surface area contributed by atoms with Crippen LogP contribution in [0.4, 0.5) is 5.69 Å². The van der Waals surface area contributed by atoms with Gasteiger partial charge in [0.2, 0.25) is 0 Å². The minimum absolute atomic E-state index is 0.0142. The molecule has 0 saturated carbocycles. The fraction of sp³-hybridized carbons (Fsp3) is 0.200. The quantitative estimate of drug-likeness (QED) is 0.416. The van der Waals surface area contributed by atoms with Crippen LogP contribution in [-0.2, 0) is 13.0 Å². The molecule has 0 fully saturated rings. The fourth-order valence-corrected chi connectivity index (χ4v) is 3.36. The monoisotopic (exact) mass is 391 g/mol. The maximum Gasteiger partial charge on any atom is 0.272 e. The average Bonchev–Trinajstić information content (AvgIpc) is 3.17. The molecule has 3 aromatic rings. The Morgan fingerprint density at radius 3 is 2.93 bits per heavy atom. The number of aryl methyl sites for hydroxylation is 2. The molecule has 146 valence electrons. The first-order valence-corrected chi connectivity index (χ1v) is 9.06. The molecule has 0 radical (unpaired) electrons. The molecule has 1 N–H and O–H groups in total. The van der Waals surface area contributed by atoms with E-state index < -0.39 is 10.8 Å². The van der Waals surface area contributed by atoms with Gasteiger partial charge in [-0.1, -0.05) is 12.1 Å². The Hall–Kier alpha value is -3.88. The number of carbonyl (C=O) groups excluding carboxylic acids is 1. The first kappa shape index (κ1) is 18.5. The van der Waals surface area contributed by atoms with Crippen molar-refractivity contribution in [2.75, 3.05) is 0 Å². The van der Waals surface area contributed by atoms with Gasteiger partial charge in [0.1, 0.15) is 5.82 Å². The van der Waals surface area contributed by atoms with E-state index in [1.807, 2.05) is 0 Å². The summed E-state index contributed by atoms with van der Waals surface area (Å²) in [5.41, 5.74) is 4.12. The minimum Gasteiger partial charge on any atom is -0.296 e. The number of aromatic nitrogens is 2. The van der Waals surface area contributed by atoms with Crippen molar-refractivity contribution in [3.8, 4) is 0 Å². The number of carbonyl (C=O) groups is 1. The summed E-state index contributed by atoms with van der Waals surface area (Å²) in [6.07, 6.45) is 2.97. The van der Waals surface area contributed by atoms with Crippen LogP contribution in [-0.4, -0.2) is 26.6 Å². The fourth-order valence-electron chi connectivity index (χ4n) is 3.36. The highest BCUT2D eigenvalue weighted by Crippen LogP contribution is 2.18. The van der Waals surface area contributed by atoms with Crippen molar-refractivity contribution in [3.63, 3.8) is 0 Å². The van der Waals surface area contributed by atoms with Gasteiger partial charge in [-0.05, 0) is 31.5 Å². The molecule has 9 nitrogen and oxygen atoms in total. The summed E-state index contributed by atoms with van der Waals surface area (Å²) in [5, 5.41) is 15.3. The Kier molecular flexibility index (Phi) is 4.63. The van der Waals surface area contributed by atoms with Crippen LogP contribution in [0.15, 0.2) is 46.3 Å². The Labute approximate surface area is 164 Å². The lowest BCUT2D eigenvalue weighted by Crippen LogP contribution is -2.22. The van der Waals surface area contributed by atoms with E-state index in [-0.39, 0.29) is 11.2 Å². The second-order valence-electron chi connectivity index (χ2n) is 6.82. The standard InChI is InChI=1S/C20H17N5O4/c1-12-4-5-13(9-17(12)25(28)29)11-21-23-19(26)14-6-7-15-16(10-14)22-18-3-2-8-24(18)20(15)27/h4-7,9-11H,2-3,8H2,1H3,(H,23,26)/b21-11-. The largest absolute Gasteiger partial charge is 0.296 e. The minimum atomic E-state index is -0.466. The molecular weight excluding hydrogens is 374 g/mol. The summed E-state index contributed by atoms with van der Waals surface area (Å²) >= 11 is 0. The zero-order valence-electron chi connectivity index (χ0n) is 15.6. The van der Waals surface area contributed by atoms with E-state index in [4.69, 9.17) is 0 Å². The number of hydrogen-bond donors (Lipinski definition) is 1. The maximum atomic E-state index is 12.5. The van der Waals surface area contributed by atoms with Gasteiger partial charge in [-0.25, -0.2) is 10.4 Å². The highest BCUT2D eigenvalue weighted by Gasteiger charge is 2.17. The molecule has 4 rings (SSSR count). The number of rotatable bonds is 4. The lowest BCUT2D eigenvalue weighted by molar-refractivity contribution is -0.385. The molecular formula is C20H17N5O4. The zero-order valence-corrected chi connectivity index (χ0v) is 15.6. The molecule has 2 heterocycles. The lowest BCUT2D eigenvalue weighted by atomic mass is 10.1. The maximum absolute atomic E-state index is 12.5. The SMILES string of the molecule is Cc1ccc(/C=N\NC(=O)c2ccc3c(=O)n4c(nc3c2)CCC4)cc1[N+](=O)[O-]. The van der Waals surface area contributed by atoms with E-state index in [0.29, 0.717) is 34.1 Å². The molecule has 0 bridgehead atoms. The van der Waals surface area contributed by atoms with Crippen molar-refractivity contribution in [3.05, 3.63) is 79.4 Å². The van der Waals surface area contributed by atoms with E-state index in [0.717, 1.165) is 18.7 Å². The van der Waals surface area contributed by atoms with Crippen LogP contribution in [0.2, 0.25) is 0 Å². The van der Waals surface area contributed by atoms with Gasteiger partial charge in [0, 0.05) is 35.7 Å². The van der Waals surface area contributed by atoms with Gasteiger partial charge in [0.05, 0.1) is 22.0 Å². The third-order valence-electron chi connectivity index (χ3n) is 4.89. The van der Waals surface area contributed by atoms with Crippen molar-refractivity contribution in [1.29, 1.82) is 0 Å². The highest BCUT2D eigenvalue weighted by atomic mass is 16.6. The van der Waals surface area contributed by atoms with E-state index in [2.05, 4.69) is 15.5 Å². The number of nitrogens with zero attached hydrogens (tertiary/aromatic N) is 4. The normalized spacial score (nSPS) is 13.0. The molecule has 0 unspecified atom stereocenters. The van der Waals surface area contributed by atoms with Crippen molar-refractivity contribution < 1.29 is 9.72 Å². The van der Waals surface area contributed by atoms with Crippen LogP contribution in [0.1, 0.15) is 33.7 Å². The second kappa shape index (κ2) is 7.27. The van der Waals surface area contributed by atoms with Gasteiger partial charge in [-0.3, -0.25) is 24.3 Å². The highest BCUT2D eigenvalue weighted by molar-refractivity contribution is 5.98. The first-order valence-electron chi connectivity index (χ1n) is 9.06. The summed E-state index contributed by atoms with van der Waals surface area (Å²) in [5.74, 6) is 0.270. The summed E-state index contributed by atoms with van der Waals surface area (Å²) in [4.78, 5) is 39.9. The molecule has 0 saturated heterocycles. The average molecular weight is 391 g/mol. The van der Waals surface area contributed by atoms with Crippen LogP contribution < -0.4 is 11.0 Å². The molecule has 0 spiro atoms. The number of fused-ring (bicyclic) bond motifs is 2. The van der Waals surface area contributed by atoms with E-state index >= 15 is 0 Å². The smallest absolute Gasteiger partial charge is 0.272 e. The summed E-state index contributed by atoms with van der Waals surface area (Å²) in [6, 6.07) is 9.39. The summed E-state index contributed by atoms with van der Waals surface area (Å²) in [6.45, 7) is 2.32. The third-order valence-corrected chi connectivity index (χ3v) is 4.89. The number of hydrogen-bond acceptors (Lipinski definition) is 6. The number of nitrogens with one attached hydrogen (secondary N) is 1. The van der Waals surface area contributed by atoms with Crippen molar-refractivity contribution in [2.24, 2.45) is 5.10 Å². The summed E-state index contributed by atoms with van der Waals surface area (Å²) in [7, 11) is 0. The van der Waals surface area contributed by atoms with Gasteiger partial charge in [-0.2, -0.15) is 5.10 Å². The topological polar surface area (TPSA) is 119 Å². The van der Waals surface area contributed by atoms with E-state index in [9.17, 15) is 19.7 Å². The molecule has 1 aliphatic heterocycles. The zero-order chi connectivity index (χ0) is 20.5. The molecule has 1 aliphatic rings. The van der Waals surface area contributed by atoms with Crippen LogP contribution in [0.25, 0.3) is 10.9 Å². The number of nitro benzene ring substituents is 1. The summed E-state index contributed by atoms with van der Waals surface area (Å²) < 4.78 is 1.67. The van der Waals surface area contributed by atoms with Gasteiger partial charge in [0.15, 0.2) is 0 Å². The number of benzene rings is 2. The van der Waals surface area contributed by atoms with E-state index in [1.54, 1.807) is 41.8 Å². The number of nitro groups is 1. The number of hydrazone groups is 1. The predicted octanol–water partition coefficient (Wildman–Crippen LogP) is 2.32. The van der Waals surface area contributed by atoms with Gasteiger partial charge in [0.25, 0.3) is 17.2 Å². The number of amides is 1. The first-order chi connectivity index (χ1) is 13.9. The molecule has 0 aliphatic carbocycles. The predicted molar refractivity (Wildman–Crippen MR) is 107 cm³/mol. The molecule has 2 aromatic carbocycles. The molecule has 0 atom stereocenters. The molecule has 9 heteroatoms. The van der Waals surface area contributed by atoms with E-state index in [1.165, 1.54) is 12.3 Å². The van der Waals surface area contributed by atoms with Gasteiger partial charge < -0.3 is 0 Å². The van der Waals surface area contributed by atoms with Gasteiger partial charge >= 0.3 is 0 Å². The molecule has 1 amide bonds. The van der Waals surface area contributed by atoms with Gasteiger partial charge in [-0.15, -0.1) is 0 Å².